The molecule has 12 heavy (non-hydrogen) atoms. The number of nitrogens with one attached hydrogen (secondary N) is 1. The number of H-pyrrole nitrogens is 1. The van der Waals surface area contributed by atoms with Crippen molar-refractivity contribution in [3.63, 3.8) is 0 Å². The average molecular weight is 161 g/mol. The van der Waals surface area contributed by atoms with Crippen LogP contribution in [0.15, 0.2) is 29.2 Å². The Kier molecular flexibility index (Phi) is 2.29. The molecular weight excluding hydrogens is 154 g/mol. The van der Waals surface area contributed by atoms with Crippen molar-refractivity contribution < 1.29 is 0 Å². The van der Waals surface area contributed by atoms with Gasteiger partial charge in [-0.2, -0.15) is 5.10 Å². The number of terminal acetylenes is 1. The van der Waals surface area contributed by atoms with E-state index in [1.54, 1.807) is 18.3 Å². The normalized spacial score (nSPS) is 8.83. The molecule has 0 aliphatic heterocycles. The number of aromatic amines is 1. The molecule has 0 atom stereocenters. The highest BCUT2D eigenvalue weighted by Gasteiger charge is 1.93. The van der Waals surface area contributed by atoms with Crippen LogP contribution in [0, 0.1) is 12.8 Å². The number of hydrogen-bond acceptors (Lipinski definition) is 2. The van der Waals surface area contributed by atoms with Gasteiger partial charge in [-0.05, 0) is 12.1 Å². The summed E-state index contributed by atoms with van der Waals surface area (Å²) in [6, 6.07) is 5.37. The van der Waals surface area contributed by atoms with Gasteiger partial charge in [0.25, 0.3) is 0 Å². The molecule has 1 N–H and O–H groups in total. The first-order chi connectivity index (χ1) is 5.88. The molecule has 2 aromatic rings. The second kappa shape index (κ2) is 3.39. The number of aromatic nitrogens is 3. The third-order valence-electron chi connectivity index (χ3n) is 1.32. The van der Waals surface area contributed by atoms with Gasteiger partial charge in [0, 0.05) is 6.20 Å². The van der Waals surface area contributed by atoms with Gasteiger partial charge in [0.1, 0.15) is 0 Å². The standard InChI is InChI=1S/C6H5N3O.C2H2/c10-6-8-7-5-3-1-2-4-9(5)6;1-2/h1-4H,(H,8,10);1-2H. The Hall–Kier alpha value is -2.02. The highest BCUT2D eigenvalue weighted by atomic mass is 16.1. The SMILES string of the molecule is C#C.O=c1[nH]nc2ccccn12. The lowest BCUT2D eigenvalue weighted by molar-refractivity contribution is 1.02. The molecule has 0 spiro atoms. The fraction of sp³-hybridized carbons (Fsp3) is 0. The predicted octanol–water partition coefficient (Wildman–Crippen LogP) is 0.272. The van der Waals surface area contributed by atoms with Crippen LogP contribution in [0.1, 0.15) is 0 Å². The van der Waals surface area contributed by atoms with E-state index in [0.29, 0.717) is 5.65 Å². The summed E-state index contributed by atoms with van der Waals surface area (Å²) in [4.78, 5) is 10.8. The molecule has 4 nitrogen and oxygen atoms in total. The quantitative estimate of drug-likeness (QED) is 0.564. The van der Waals surface area contributed by atoms with E-state index in [2.05, 4.69) is 23.0 Å². The van der Waals surface area contributed by atoms with Gasteiger partial charge in [-0.25, -0.2) is 9.89 Å². The third-order valence-corrected chi connectivity index (χ3v) is 1.32. The van der Waals surface area contributed by atoms with Crippen LogP contribution in [0.5, 0.6) is 0 Å². The van der Waals surface area contributed by atoms with Crippen molar-refractivity contribution in [3.05, 3.63) is 34.9 Å². The predicted molar refractivity (Wildman–Crippen MR) is 45.7 cm³/mol. The summed E-state index contributed by atoms with van der Waals surface area (Å²) in [6.07, 6.45) is 9.67. The lowest BCUT2D eigenvalue weighted by Crippen LogP contribution is -2.07. The fourth-order valence-corrected chi connectivity index (χ4v) is 0.856. The van der Waals surface area contributed by atoms with Crippen LogP contribution >= 0.6 is 0 Å². The number of pyridine rings is 1. The van der Waals surface area contributed by atoms with E-state index in [4.69, 9.17) is 0 Å². The Morgan fingerprint density at radius 2 is 2.17 bits per heavy atom. The number of nitrogens with zero attached hydrogens (tertiary/aromatic N) is 2. The molecule has 0 aliphatic carbocycles. The Labute approximate surface area is 68.9 Å². The largest absolute Gasteiger partial charge is 0.347 e. The van der Waals surface area contributed by atoms with Crippen molar-refractivity contribution in [1.82, 2.24) is 14.6 Å². The molecule has 2 aromatic heterocycles. The summed E-state index contributed by atoms with van der Waals surface area (Å²) >= 11 is 0. The van der Waals surface area contributed by atoms with Gasteiger partial charge >= 0.3 is 5.69 Å². The first-order valence-corrected chi connectivity index (χ1v) is 3.23. The molecule has 60 valence electrons. The van der Waals surface area contributed by atoms with Crippen LogP contribution in [0.25, 0.3) is 5.65 Å². The van der Waals surface area contributed by atoms with Crippen molar-refractivity contribution >= 4 is 5.65 Å². The van der Waals surface area contributed by atoms with E-state index in [0.717, 1.165) is 0 Å². The lowest BCUT2D eigenvalue weighted by Gasteiger charge is -1.84. The highest BCUT2D eigenvalue weighted by molar-refractivity contribution is 5.34. The zero-order valence-electron chi connectivity index (χ0n) is 6.27. The minimum absolute atomic E-state index is 0.199. The summed E-state index contributed by atoms with van der Waals surface area (Å²) in [5, 5.41) is 6.08. The maximum Gasteiger partial charge on any atom is 0.347 e. The van der Waals surface area contributed by atoms with Gasteiger partial charge in [-0.15, -0.1) is 12.8 Å². The van der Waals surface area contributed by atoms with Crippen molar-refractivity contribution in [2.24, 2.45) is 0 Å². The summed E-state index contributed by atoms with van der Waals surface area (Å²) in [5.41, 5.74) is 0.447. The zero-order chi connectivity index (χ0) is 8.97. The molecule has 0 aliphatic rings. The Bertz CT molecular complexity index is 438. The molecule has 2 heterocycles. The smallest absolute Gasteiger partial charge is 0.250 e. The Morgan fingerprint density at radius 1 is 1.42 bits per heavy atom. The van der Waals surface area contributed by atoms with Crippen LogP contribution in [0.2, 0.25) is 0 Å². The average Bonchev–Trinajstić information content (AvgIpc) is 2.53. The summed E-state index contributed by atoms with van der Waals surface area (Å²) in [5.74, 6) is 0. The molecule has 0 unspecified atom stereocenters. The van der Waals surface area contributed by atoms with Crippen molar-refractivity contribution in [3.8, 4) is 12.8 Å². The molecule has 0 amide bonds. The Morgan fingerprint density at radius 3 is 2.83 bits per heavy atom. The van der Waals surface area contributed by atoms with Gasteiger partial charge in [-0.3, -0.25) is 4.40 Å². The summed E-state index contributed by atoms with van der Waals surface area (Å²) < 4.78 is 1.44. The summed E-state index contributed by atoms with van der Waals surface area (Å²) in [7, 11) is 0. The lowest BCUT2D eigenvalue weighted by atomic mass is 10.5. The van der Waals surface area contributed by atoms with Gasteiger partial charge in [-0.1, -0.05) is 6.07 Å². The van der Waals surface area contributed by atoms with Gasteiger partial charge in [0.2, 0.25) is 0 Å². The topological polar surface area (TPSA) is 50.2 Å². The molecular formula is C8H7N3O. The fourth-order valence-electron chi connectivity index (χ4n) is 0.856. The minimum Gasteiger partial charge on any atom is -0.250 e. The molecule has 0 saturated carbocycles. The van der Waals surface area contributed by atoms with E-state index in [1.807, 2.05) is 6.07 Å². The number of fused-ring (bicyclic) bond motifs is 1. The van der Waals surface area contributed by atoms with Crippen molar-refractivity contribution in [2.45, 2.75) is 0 Å². The second-order valence-electron chi connectivity index (χ2n) is 1.96. The van der Waals surface area contributed by atoms with Crippen LogP contribution in [-0.4, -0.2) is 14.6 Å². The van der Waals surface area contributed by atoms with Crippen LogP contribution in [-0.2, 0) is 0 Å². The molecule has 0 fully saturated rings. The van der Waals surface area contributed by atoms with E-state index in [1.165, 1.54) is 4.40 Å². The molecule has 0 radical (unpaired) electrons. The van der Waals surface area contributed by atoms with Crippen LogP contribution < -0.4 is 5.69 Å². The minimum atomic E-state index is -0.199. The molecule has 4 heteroatoms. The Balaban J connectivity index is 0.000000336. The van der Waals surface area contributed by atoms with Gasteiger partial charge in [0.05, 0.1) is 0 Å². The molecule has 0 bridgehead atoms. The molecule has 0 saturated heterocycles. The number of hydrogen-bond donors (Lipinski definition) is 1. The van der Waals surface area contributed by atoms with Gasteiger partial charge < -0.3 is 0 Å². The monoisotopic (exact) mass is 161 g/mol. The van der Waals surface area contributed by atoms with Crippen molar-refractivity contribution in [1.29, 1.82) is 0 Å². The number of rotatable bonds is 0. The first kappa shape index (κ1) is 8.08. The van der Waals surface area contributed by atoms with Gasteiger partial charge in [0.15, 0.2) is 5.65 Å². The first-order valence-electron chi connectivity index (χ1n) is 3.23. The summed E-state index contributed by atoms with van der Waals surface area (Å²) in [6.45, 7) is 0. The van der Waals surface area contributed by atoms with E-state index < -0.39 is 0 Å². The maximum atomic E-state index is 10.8. The molecule has 2 rings (SSSR count). The van der Waals surface area contributed by atoms with E-state index in [9.17, 15) is 4.79 Å². The highest BCUT2D eigenvalue weighted by Crippen LogP contribution is 1.90. The second-order valence-corrected chi connectivity index (χ2v) is 1.96. The van der Waals surface area contributed by atoms with E-state index in [-0.39, 0.29) is 5.69 Å². The molecule has 0 aromatic carbocycles. The van der Waals surface area contributed by atoms with Crippen LogP contribution in [0.4, 0.5) is 0 Å². The third kappa shape index (κ3) is 1.20. The van der Waals surface area contributed by atoms with Crippen molar-refractivity contribution in [2.75, 3.05) is 0 Å². The van der Waals surface area contributed by atoms with Crippen LogP contribution in [0.3, 0.4) is 0 Å². The zero-order valence-corrected chi connectivity index (χ0v) is 6.27. The van der Waals surface area contributed by atoms with E-state index >= 15 is 0 Å². The maximum absolute atomic E-state index is 10.8.